The molecule has 1 amide bonds. The number of amides is 1. The summed E-state index contributed by atoms with van der Waals surface area (Å²) in [4.78, 5) is 23.8. The molecule has 1 unspecified atom stereocenters. The quantitative estimate of drug-likeness (QED) is 0.368. The molecule has 0 aliphatic heterocycles. The molecule has 0 radical (unpaired) electrons. The highest BCUT2D eigenvalue weighted by Crippen LogP contribution is 2.23. The lowest BCUT2D eigenvalue weighted by Gasteiger charge is -2.24. The van der Waals surface area contributed by atoms with Crippen LogP contribution in [0.25, 0.3) is 6.08 Å². The Kier molecular flexibility index (Phi) is 6.92. The fourth-order valence-electron chi connectivity index (χ4n) is 1.82. The number of ether oxygens (including phenoxy) is 1. The summed E-state index contributed by atoms with van der Waals surface area (Å²) in [7, 11) is -1.54. The van der Waals surface area contributed by atoms with Crippen LogP contribution in [-0.4, -0.2) is 26.6 Å². The molecule has 5 nitrogen and oxygen atoms in total. The van der Waals surface area contributed by atoms with Crippen molar-refractivity contribution in [3.8, 4) is 6.07 Å². The van der Waals surface area contributed by atoms with E-state index in [2.05, 4.69) is 25.0 Å². The monoisotopic (exact) mass is 344 g/mol. The Morgan fingerprint density at radius 1 is 1.29 bits per heavy atom. The number of nitrogens with one attached hydrogen (secondary N) is 1. The Morgan fingerprint density at radius 3 is 2.33 bits per heavy atom. The summed E-state index contributed by atoms with van der Waals surface area (Å²) in [6.07, 6.45) is 1.47. The molecule has 0 aliphatic rings. The summed E-state index contributed by atoms with van der Waals surface area (Å²) in [6.45, 7) is 10.3. The van der Waals surface area contributed by atoms with Crippen molar-refractivity contribution in [3.05, 3.63) is 35.4 Å². The van der Waals surface area contributed by atoms with Crippen LogP contribution in [-0.2, 0) is 14.3 Å². The Balaban J connectivity index is 2.85. The van der Waals surface area contributed by atoms with Gasteiger partial charge in [0.15, 0.2) is 0 Å². The Labute approximate surface area is 144 Å². The molecule has 0 saturated carbocycles. The summed E-state index contributed by atoms with van der Waals surface area (Å²) in [5.74, 6) is -0.622. The minimum Gasteiger partial charge on any atom is -0.462 e. The molecular weight excluding hydrogens is 320 g/mol. The first-order valence-corrected chi connectivity index (χ1v) is 11.5. The average Bonchev–Trinajstić information content (AvgIpc) is 2.52. The summed E-state index contributed by atoms with van der Waals surface area (Å²) < 4.78 is 4.82. The molecule has 0 fully saturated rings. The maximum Gasteiger partial charge on any atom is 0.348 e. The van der Waals surface area contributed by atoms with Gasteiger partial charge in [-0.25, -0.2) is 4.79 Å². The van der Waals surface area contributed by atoms with Gasteiger partial charge in [-0.3, -0.25) is 4.79 Å². The minimum atomic E-state index is -1.54. The van der Waals surface area contributed by atoms with Crippen molar-refractivity contribution in [3.63, 3.8) is 0 Å². The van der Waals surface area contributed by atoms with Crippen LogP contribution in [0.2, 0.25) is 25.2 Å². The molecule has 24 heavy (non-hydrogen) atoms. The van der Waals surface area contributed by atoms with Crippen LogP contribution < -0.4 is 5.32 Å². The number of anilines is 1. The molecule has 1 aromatic rings. The predicted octanol–water partition coefficient (Wildman–Crippen LogP) is 3.82. The molecule has 0 spiro atoms. The third kappa shape index (κ3) is 5.67. The molecule has 1 aromatic carbocycles. The fraction of sp³-hybridized carbons (Fsp3) is 0.389. The molecule has 1 atom stereocenters. The molecule has 1 N–H and O–H groups in total. The highest BCUT2D eigenvalue weighted by atomic mass is 28.3. The number of benzene rings is 1. The van der Waals surface area contributed by atoms with Crippen molar-refractivity contribution in [2.45, 2.75) is 39.0 Å². The number of hydrogen-bond acceptors (Lipinski definition) is 4. The zero-order chi connectivity index (χ0) is 18.3. The number of nitriles is 1. The van der Waals surface area contributed by atoms with E-state index in [0.29, 0.717) is 11.3 Å². The van der Waals surface area contributed by atoms with Gasteiger partial charge >= 0.3 is 5.97 Å². The number of carbonyl (C=O) groups excluding carboxylic acids is 2. The molecule has 0 aromatic heterocycles. The first-order chi connectivity index (χ1) is 11.2. The van der Waals surface area contributed by atoms with Crippen molar-refractivity contribution >= 4 is 31.7 Å². The third-order valence-electron chi connectivity index (χ3n) is 3.80. The lowest BCUT2D eigenvalue weighted by molar-refractivity contribution is -0.137. The first-order valence-electron chi connectivity index (χ1n) is 7.89. The third-order valence-corrected chi connectivity index (χ3v) is 6.66. The van der Waals surface area contributed by atoms with Crippen LogP contribution in [0.1, 0.15) is 19.4 Å². The zero-order valence-corrected chi connectivity index (χ0v) is 15.8. The normalized spacial score (nSPS) is 12.9. The second-order valence-electron chi connectivity index (χ2n) is 6.59. The molecular formula is C18H24N2O3Si. The molecule has 0 heterocycles. The number of esters is 1. The minimum absolute atomic E-state index is 0.00563. The van der Waals surface area contributed by atoms with E-state index in [-0.39, 0.29) is 23.6 Å². The Morgan fingerprint density at radius 2 is 1.88 bits per heavy atom. The van der Waals surface area contributed by atoms with E-state index >= 15 is 0 Å². The Bertz CT molecular complexity index is 667. The number of nitrogens with zero attached hydrogens (tertiary/aromatic N) is 1. The van der Waals surface area contributed by atoms with Crippen LogP contribution in [0.15, 0.2) is 29.8 Å². The van der Waals surface area contributed by atoms with E-state index in [9.17, 15) is 9.59 Å². The van der Waals surface area contributed by atoms with Gasteiger partial charge in [0.1, 0.15) is 11.6 Å². The van der Waals surface area contributed by atoms with Gasteiger partial charge in [0.2, 0.25) is 5.91 Å². The van der Waals surface area contributed by atoms with Gasteiger partial charge in [-0.05, 0) is 30.7 Å². The maximum absolute atomic E-state index is 12.2. The van der Waals surface area contributed by atoms with Crippen LogP contribution in [0, 0.1) is 11.3 Å². The second kappa shape index (κ2) is 8.46. The molecule has 1 rings (SSSR count). The van der Waals surface area contributed by atoms with Gasteiger partial charge in [0, 0.05) is 11.2 Å². The largest absolute Gasteiger partial charge is 0.462 e. The number of carbonyl (C=O) groups is 2. The highest BCUT2D eigenvalue weighted by Gasteiger charge is 2.28. The smallest absolute Gasteiger partial charge is 0.348 e. The van der Waals surface area contributed by atoms with Crippen LogP contribution in [0.5, 0.6) is 0 Å². The van der Waals surface area contributed by atoms with Crippen LogP contribution in [0.3, 0.4) is 0 Å². The van der Waals surface area contributed by atoms with E-state index in [1.807, 2.05) is 13.0 Å². The standard InChI is InChI=1S/C18H24N2O3Si/c1-6-23-18(22)15(12-19)11-14-7-9-16(10-8-14)20-17(21)13(2)24(3,4)5/h7-11,13H,6H2,1-5H3,(H,20,21)/b15-11+. The van der Waals surface area contributed by atoms with Gasteiger partial charge < -0.3 is 10.1 Å². The SMILES string of the molecule is CCOC(=O)/C(C#N)=C/c1ccc(NC(=O)C(C)[Si](C)(C)C)cc1. The van der Waals surface area contributed by atoms with Gasteiger partial charge in [0.25, 0.3) is 0 Å². The highest BCUT2D eigenvalue weighted by molar-refractivity contribution is 6.80. The van der Waals surface area contributed by atoms with Crippen molar-refractivity contribution in [2.75, 3.05) is 11.9 Å². The van der Waals surface area contributed by atoms with Crippen molar-refractivity contribution in [1.82, 2.24) is 0 Å². The van der Waals surface area contributed by atoms with E-state index in [1.54, 1.807) is 31.2 Å². The summed E-state index contributed by atoms with van der Waals surface area (Å²) in [6, 6.07) is 8.82. The van der Waals surface area contributed by atoms with Gasteiger partial charge in [0.05, 0.1) is 14.7 Å². The van der Waals surface area contributed by atoms with Crippen molar-refractivity contribution in [1.29, 1.82) is 5.26 Å². The van der Waals surface area contributed by atoms with Crippen LogP contribution >= 0.6 is 0 Å². The topological polar surface area (TPSA) is 79.2 Å². The van der Waals surface area contributed by atoms with Gasteiger partial charge in [-0.1, -0.05) is 38.7 Å². The van der Waals surface area contributed by atoms with E-state index in [4.69, 9.17) is 10.00 Å². The fourth-order valence-corrected chi connectivity index (χ4v) is 2.68. The van der Waals surface area contributed by atoms with Crippen molar-refractivity contribution < 1.29 is 14.3 Å². The zero-order valence-electron chi connectivity index (χ0n) is 14.8. The molecule has 6 heteroatoms. The first kappa shape index (κ1) is 19.7. The lowest BCUT2D eigenvalue weighted by Crippen LogP contribution is -2.35. The van der Waals surface area contributed by atoms with Crippen molar-refractivity contribution in [2.24, 2.45) is 0 Å². The molecule has 0 aliphatic carbocycles. The van der Waals surface area contributed by atoms with E-state index in [1.165, 1.54) is 6.08 Å². The lowest BCUT2D eigenvalue weighted by atomic mass is 10.1. The molecule has 128 valence electrons. The molecule has 0 bridgehead atoms. The summed E-state index contributed by atoms with van der Waals surface area (Å²) in [5, 5.41) is 11.9. The van der Waals surface area contributed by atoms with Gasteiger partial charge in [-0.2, -0.15) is 5.26 Å². The predicted molar refractivity (Wildman–Crippen MR) is 98.1 cm³/mol. The Hall–Kier alpha value is -2.39. The summed E-state index contributed by atoms with van der Waals surface area (Å²) in [5.41, 5.74) is 1.33. The van der Waals surface area contributed by atoms with E-state index < -0.39 is 14.0 Å². The second-order valence-corrected chi connectivity index (χ2v) is 12.2. The average molecular weight is 344 g/mol. The molecule has 0 saturated heterocycles. The number of hydrogen-bond donors (Lipinski definition) is 1. The maximum atomic E-state index is 12.2. The van der Waals surface area contributed by atoms with E-state index in [0.717, 1.165) is 0 Å². The summed E-state index contributed by atoms with van der Waals surface area (Å²) >= 11 is 0. The van der Waals surface area contributed by atoms with Crippen LogP contribution in [0.4, 0.5) is 5.69 Å². The van der Waals surface area contributed by atoms with Gasteiger partial charge in [-0.15, -0.1) is 0 Å². The number of rotatable bonds is 6.